The third kappa shape index (κ3) is 4.67. The number of nitrogens with zero attached hydrogens (tertiary/aromatic N) is 1. The van der Waals surface area contributed by atoms with Gasteiger partial charge in [-0.05, 0) is 12.1 Å². The van der Waals surface area contributed by atoms with Gasteiger partial charge in [-0.25, -0.2) is 4.98 Å². The third-order valence-electron chi connectivity index (χ3n) is 3.76. The Hall–Kier alpha value is -2.19. The van der Waals surface area contributed by atoms with Crippen LogP contribution in [0.5, 0.6) is 0 Å². The number of morpholine rings is 1. The molecular formula is C17H18F2N3O2S+. The molecule has 1 aromatic carbocycles. The van der Waals surface area contributed by atoms with E-state index in [9.17, 15) is 13.6 Å². The van der Waals surface area contributed by atoms with Crippen molar-refractivity contribution in [1.82, 2.24) is 0 Å². The van der Waals surface area contributed by atoms with Crippen LogP contribution in [0, 0.1) is 0 Å². The van der Waals surface area contributed by atoms with Gasteiger partial charge in [-0.15, -0.1) is 0 Å². The number of H-pyrrole nitrogens is 1. The van der Waals surface area contributed by atoms with Crippen LogP contribution in [0.3, 0.4) is 0 Å². The minimum Gasteiger partial charge on any atom is -0.378 e. The number of thioether (sulfide) groups is 1. The van der Waals surface area contributed by atoms with Gasteiger partial charge in [0.05, 0.1) is 18.9 Å². The molecule has 132 valence electrons. The highest BCUT2D eigenvalue weighted by Gasteiger charge is 2.19. The first kappa shape index (κ1) is 17.6. The number of carbonyl (C=O) groups excluding carboxylic acids is 1. The summed E-state index contributed by atoms with van der Waals surface area (Å²) in [7, 11) is 0. The highest BCUT2D eigenvalue weighted by Crippen LogP contribution is 2.31. The van der Waals surface area contributed by atoms with E-state index in [-0.39, 0.29) is 5.91 Å². The molecule has 1 aliphatic heterocycles. The Labute approximate surface area is 148 Å². The van der Waals surface area contributed by atoms with E-state index in [2.05, 4.69) is 15.2 Å². The van der Waals surface area contributed by atoms with Crippen molar-refractivity contribution in [3.63, 3.8) is 0 Å². The molecule has 2 heterocycles. The van der Waals surface area contributed by atoms with Crippen molar-refractivity contribution in [3.8, 4) is 0 Å². The Balaban J connectivity index is 1.75. The first-order chi connectivity index (χ1) is 12.1. The van der Waals surface area contributed by atoms with Gasteiger partial charge in [0.25, 0.3) is 11.5 Å². The molecule has 1 fully saturated rings. The molecule has 1 aromatic heterocycles. The number of nitrogens with one attached hydrogen (secondary N) is 2. The number of amides is 1. The number of ether oxygens (including phenoxy) is 1. The van der Waals surface area contributed by atoms with Gasteiger partial charge in [0, 0.05) is 35.8 Å². The van der Waals surface area contributed by atoms with E-state index in [0.29, 0.717) is 41.3 Å². The molecule has 0 bridgehead atoms. The van der Waals surface area contributed by atoms with Crippen LogP contribution in [0.25, 0.3) is 0 Å². The molecule has 25 heavy (non-hydrogen) atoms. The average molecular weight is 366 g/mol. The highest BCUT2D eigenvalue weighted by atomic mass is 32.2. The van der Waals surface area contributed by atoms with Gasteiger partial charge < -0.3 is 15.0 Å². The summed E-state index contributed by atoms with van der Waals surface area (Å²) in [6, 6.07) is 10.2. The third-order valence-corrected chi connectivity index (χ3v) is 4.55. The summed E-state index contributed by atoms with van der Waals surface area (Å²) in [5.41, 5.74) is 1.64. The number of aromatic amines is 1. The summed E-state index contributed by atoms with van der Waals surface area (Å²) in [6.07, 6.45) is 1.69. The Morgan fingerprint density at radius 2 is 2.00 bits per heavy atom. The summed E-state index contributed by atoms with van der Waals surface area (Å²) >= 11 is 0.408. The smallest absolute Gasteiger partial charge is 0.320 e. The molecular weight excluding hydrogens is 348 g/mol. The number of halogens is 2. The SMILES string of the molecule is O=C(Nc1ccccc1SC(F)F)c1cc(N2CCOCC2)cc[nH+]1. The monoisotopic (exact) mass is 366 g/mol. The lowest BCUT2D eigenvalue weighted by atomic mass is 10.2. The Morgan fingerprint density at radius 1 is 1.24 bits per heavy atom. The zero-order chi connectivity index (χ0) is 17.6. The van der Waals surface area contributed by atoms with Crippen molar-refractivity contribution in [3.05, 3.63) is 48.3 Å². The van der Waals surface area contributed by atoms with Crippen molar-refractivity contribution in [1.29, 1.82) is 0 Å². The number of pyridine rings is 1. The molecule has 0 spiro atoms. The van der Waals surface area contributed by atoms with Crippen LogP contribution in [-0.2, 0) is 4.74 Å². The highest BCUT2D eigenvalue weighted by molar-refractivity contribution is 7.99. The largest absolute Gasteiger partial charge is 0.378 e. The maximum Gasteiger partial charge on any atom is 0.320 e. The summed E-state index contributed by atoms with van der Waals surface area (Å²) in [4.78, 5) is 17.9. The fourth-order valence-corrected chi connectivity index (χ4v) is 3.16. The topological polar surface area (TPSA) is 55.7 Å². The molecule has 1 aliphatic rings. The molecule has 3 rings (SSSR count). The van der Waals surface area contributed by atoms with Gasteiger partial charge in [0.2, 0.25) is 0 Å². The van der Waals surface area contributed by atoms with Crippen molar-refractivity contribution < 1.29 is 23.3 Å². The number of alkyl halides is 2. The van der Waals surface area contributed by atoms with Gasteiger partial charge in [0.1, 0.15) is 0 Å². The van der Waals surface area contributed by atoms with Crippen LogP contribution >= 0.6 is 11.8 Å². The Bertz CT molecular complexity index is 739. The fraction of sp³-hybridized carbons (Fsp3) is 0.294. The van der Waals surface area contributed by atoms with E-state index >= 15 is 0 Å². The number of anilines is 2. The maximum atomic E-state index is 12.6. The van der Waals surface area contributed by atoms with E-state index in [1.807, 2.05) is 6.07 Å². The number of hydrogen-bond acceptors (Lipinski definition) is 4. The summed E-state index contributed by atoms with van der Waals surface area (Å²) in [5.74, 6) is -2.92. The second-order valence-electron chi connectivity index (χ2n) is 5.39. The fourth-order valence-electron chi connectivity index (χ4n) is 2.56. The first-order valence-corrected chi connectivity index (χ1v) is 8.71. The van der Waals surface area contributed by atoms with E-state index in [0.717, 1.165) is 18.8 Å². The van der Waals surface area contributed by atoms with Gasteiger partial charge in [-0.3, -0.25) is 4.79 Å². The number of carbonyl (C=O) groups is 1. The Morgan fingerprint density at radius 3 is 2.76 bits per heavy atom. The van der Waals surface area contributed by atoms with Crippen LogP contribution < -0.4 is 15.2 Å². The van der Waals surface area contributed by atoms with Crippen LogP contribution in [0.15, 0.2) is 47.5 Å². The normalized spacial score (nSPS) is 14.6. The number of hydrogen-bond donors (Lipinski definition) is 1. The Kier molecular flexibility index (Phi) is 5.83. The molecule has 1 saturated heterocycles. The second-order valence-corrected chi connectivity index (χ2v) is 6.42. The molecule has 0 radical (unpaired) electrons. The van der Waals surface area contributed by atoms with Crippen molar-refractivity contribution in [2.24, 2.45) is 0 Å². The van der Waals surface area contributed by atoms with Crippen LogP contribution in [-0.4, -0.2) is 38.0 Å². The standard InChI is InChI=1S/C17H17F2N3O2S/c18-17(19)25-15-4-2-1-3-13(15)21-16(23)14-11-12(5-6-20-14)22-7-9-24-10-8-22/h1-6,11,17H,7-10H2,(H,21,23)/p+1. The zero-order valence-electron chi connectivity index (χ0n) is 13.4. The molecule has 2 aromatic rings. The van der Waals surface area contributed by atoms with Gasteiger partial charge in [0.15, 0.2) is 6.20 Å². The zero-order valence-corrected chi connectivity index (χ0v) is 14.2. The molecule has 0 atom stereocenters. The first-order valence-electron chi connectivity index (χ1n) is 7.83. The van der Waals surface area contributed by atoms with Crippen LogP contribution in [0.1, 0.15) is 10.5 Å². The molecule has 0 saturated carbocycles. The maximum absolute atomic E-state index is 12.6. The van der Waals surface area contributed by atoms with E-state index < -0.39 is 5.76 Å². The van der Waals surface area contributed by atoms with Crippen LogP contribution in [0.2, 0.25) is 0 Å². The summed E-state index contributed by atoms with van der Waals surface area (Å²) in [6.45, 7) is 2.83. The quantitative estimate of drug-likeness (QED) is 0.827. The molecule has 5 nitrogen and oxygen atoms in total. The predicted octanol–water partition coefficient (Wildman–Crippen LogP) is 2.90. The predicted molar refractivity (Wildman–Crippen MR) is 92.3 cm³/mol. The van der Waals surface area contributed by atoms with E-state index in [4.69, 9.17) is 4.74 Å². The van der Waals surface area contributed by atoms with Gasteiger partial charge in [-0.1, -0.05) is 23.9 Å². The summed E-state index contributed by atoms with van der Waals surface area (Å²) in [5, 5.41) is 2.69. The minimum absolute atomic E-state index is 0.329. The molecule has 0 aliphatic carbocycles. The molecule has 8 heteroatoms. The number of benzene rings is 1. The lowest BCUT2D eigenvalue weighted by Crippen LogP contribution is -2.36. The van der Waals surface area contributed by atoms with Crippen molar-refractivity contribution in [2.75, 3.05) is 36.5 Å². The second kappa shape index (κ2) is 8.26. The lowest BCUT2D eigenvalue weighted by Gasteiger charge is -2.28. The molecule has 2 N–H and O–H groups in total. The van der Waals surface area contributed by atoms with E-state index in [1.54, 1.807) is 36.5 Å². The minimum atomic E-state index is -2.55. The van der Waals surface area contributed by atoms with Crippen LogP contribution in [0.4, 0.5) is 20.2 Å². The van der Waals surface area contributed by atoms with Crippen molar-refractivity contribution in [2.45, 2.75) is 10.7 Å². The number of para-hydroxylation sites is 1. The summed E-state index contributed by atoms with van der Waals surface area (Å²) < 4.78 is 30.6. The van der Waals surface area contributed by atoms with E-state index in [1.165, 1.54) is 0 Å². The average Bonchev–Trinajstić information content (AvgIpc) is 2.64. The molecule has 0 unspecified atom stereocenters. The number of rotatable bonds is 5. The van der Waals surface area contributed by atoms with Crippen molar-refractivity contribution >= 4 is 29.0 Å². The lowest BCUT2D eigenvalue weighted by molar-refractivity contribution is -0.381. The molecule has 1 amide bonds. The number of aromatic nitrogens is 1. The van der Waals surface area contributed by atoms with Gasteiger partial charge in [-0.2, -0.15) is 8.78 Å². The van der Waals surface area contributed by atoms with Gasteiger partial charge >= 0.3 is 5.91 Å².